The first kappa shape index (κ1) is 22.7. The number of ether oxygens (including phenoxy) is 3. The third-order valence-electron chi connectivity index (χ3n) is 4.49. The molecule has 0 atom stereocenters. The second-order valence-corrected chi connectivity index (χ2v) is 7.60. The van der Waals surface area contributed by atoms with E-state index in [9.17, 15) is 4.79 Å². The van der Waals surface area contributed by atoms with Gasteiger partial charge in [0.15, 0.2) is 11.5 Å². The van der Waals surface area contributed by atoms with E-state index in [-0.39, 0.29) is 12.5 Å². The minimum absolute atomic E-state index is 0.148. The number of halogens is 1. The van der Waals surface area contributed by atoms with Crippen molar-refractivity contribution in [2.24, 2.45) is 0 Å². The number of rotatable bonds is 10. The van der Waals surface area contributed by atoms with Gasteiger partial charge in [-0.25, -0.2) is 0 Å². The second-order valence-electron chi connectivity index (χ2n) is 6.74. The molecule has 1 amide bonds. The van der Waals surface area contributed by atoms with Crippen molar-refractivity contribution >= 4 is 27.5 Å². The van der Waals surface area contributed by atoms with Gasteiger partial charge in [-0.15, -0.1) is 0 Å². The standard InChI is InChI=1S/C23H26BrN3O4/c1-4-29-21-11-6-17(12-22(21)30-5-2)15-31-19-9-7-18(8-10-19)26-23(28)14-27-16(3)20(24)13-25-27/h6-13H,4-5,14-15H2,1-3H3,(H,26,28). The molecule has 0 saturated heterocycles. The number of carbonyl (C=O) groups is 1. The van der Waals surface area contributed by atoms with Crippen molar-refractivity contribution in [3.05, 3.63) is 64.4 Å². The van der Waals surface area contributed by atoms with Crippen LogP contribution in [0.5, 0.6) is 17.2 Å². The Hall–Kier alpha value is -3.00. The van der Waals surface area contributed by atoms with Gasteiger partial charge in [-0.2, -0.15) is 5.10 Å². The van der Waals surface area contributed by atoms with Gasteiger partial charge in [0.2, 0.25) is 5.91 Å². The fourth-order valence-electron chi connectivity index (χ4n) is 2.91. The van der Waals surface area contributed by atoms with Crippen molar-refractivity contribution in [1.82, 2.24) is 9.78 Å². The smallest absolute Gasteiger partial charge is 0.246 e. The van der Waals surface area contributed by atoms with E-state index in [4.69, 9.17) is 14.2 Å². The highest BCUT2D eigenvalue weighted by Gasteiger charge is 2.10. The number of aromatic nitrogens is 2. The van der Waals surface area contributed by atoms with Gasteiger partial charge in [0.25, 0.3) is 0 Å². The molecule has 0 fully saturated rings. The van der Waals surface area contributed by atoms with E-state index in [0.717, 1.165) is 21.5 Å². The highest BCUT2D eigenvalue weighted by molar-refractivity contribution is 9.10. The van der Waals surface area contributed by atoms with E-state index in [1.54, 1.807) is 10.9 Å². The van der Waals surface area contributed by atoms with E-state index < -0.39 is 0 Å². The number of hydrogen-bond donors (Lipinski definition) is 1. The quantitative estimate of drug-likeness (QED) is 0.436. The number of amides is 1. The van der Waals surface area contributed by atoms with Crippen LogP contribution in [0.2, 0.25) is 0 Å². The van der Waals surface area contributed by atoms with E-state index in [2.05, 4.69) is 26.3 Å². The van der Waals surface area contributed by atoms with Crippen LogP contribution >= 0.6 is 15.9 Å². The summed E-state index contributed by atoms with van der Waals surface area (Å²) in [6.45, 7) is 7.47. The van der Waals surface area contributed by atoms with Crippen LogP contribution in [0.1, 0.15) is 25.1 Å². The summed E-state index contributed by atoms with van der Waals surface area (Å²) in [5.74, 6) is 2.00. The Morgan fingerprint density at radius 2 is 1.74 bits per heavy atom. The van der Waals surface area contributed by atoms with E-state index in [1.807, 2.05) is 63.2 Å². The maximum atomic E-state index is 12.3. The number of nitrogens with zero attached hydrogens (tertiary/aromatic N) is 2. The molecule has 0 unspecified atom stereocenters. The lowest BCUT2D eigenvalue weighted by Crippen LogP contribution is -2.20. The first-order chi connectivity index (χ1) is 15.0. The topological polar surface area (TPSA) is 74.6 Å². The molecular formula is C23H26BrN3O4. The molecule has 0 spiro atoms. The Kier molecular flexibility index (Phi) is 7.94. The Morgan fingerprint density at radius 1 is 1.03 bits per heavy atom. The van der Waals surface area contributed by atoms with Gasteiger partial charge < -0.3 is 19.5 Å². The first-order valence-corrected chi connectivity index (χ1v) is 10.9. The summed E-state index contributed by atoms with van der Waals surface area (Å²) in [6, 6.07) is 13.0. The van der Waals surface area contributed by atoms with E-state index >= 15 is 0 Å². The molecule has 2 aromatic carbocycles. The fourth-order valence-corrected chi connectivity index (χ4v) is 3.20. The average molecular weight is 488 g/mol. The highest BCUT2D eigenvalue weighted by Crippen LogP contribution is 2.29. The summed E-state index contributed by atoms with van der Waals surface area (Å²) < 4.78 is 19.6. The van der Waals surface area contributed by atoms with Crippen molar-refractivity contribution in [2.45, 2.75) is 33.9 Å². The first-order valence-electron chi connectivity index (χ1n) is 10.1. The number of carbonyl (C=O) groups excluding carboxylic acids is 1. The molecule has 31 heavy (non-hydrogen) atoms. The van der Waals surface area contributed by atoms with Gasteiger partial charge in [-0.3, -0.25) is 9.48 Å². The molecular weight excluding hydrogens is 462 g/mol. The zero-order valence-electron chi connectivity index (χ0n) is 17.9. The zero-order chi connectivity index (χ0) is 22.2. The van der Waals surface area contributed by atoms with Gasteiger partial charge in [0.05, 0.1) is 29.6 Å². The van der Waals surface area contributed by atoms with Crippen molar-refractivity contribution < 1.29 is 19.0 Å². The highest BCUT2D eigenvalue weighted by atomic mass is 79.9. The van der Waals surface area contributed by atoms with Crippen LogP contribution in [0.4, 0.5) is 5.69 Å². The molecule has 3 rings (SSSR count). The van der Waals surface area contributed by atoms with Crippen LogP contribution in [-0.4, -0.2) is 28.9 Å². The monoisotopic (exact) mass is 487 g/mol. The molecule has 0 radical (unpaired) electrons. The molecule has 7 nitrogen and oxygen atoms in total. The summed E-state index contributed by atoms with van der Waals surface area (Å²) in [5.41, 5.74) is 2.58. The van der Waals surface area contributed by atoms with Crippen molar-refractivity contribution in [1.29, 1.82) is 0 Å². The van der Waals surface area contributed by atoms with Crippen molar-refractivity contribution in [2.75, 3.05) is 18.5 Å². The van der Waals surface area contributed by atoms with Crippen LogP contribution in [0, 0.1) is 6.92 Å². The van der Waals surface area contributed by atoms with E-state index in [0.29, 0.717) is 37.0 Å². The third kappa shape index (κ3) is 6.24. The number of anilines is 1. The summed E-state index contributed by atoms with van der Waals surface area (Å²) in [5, 5.41) is 7.04. The Bertz CT molecular complexity index is 1020. The predicted octanol–water partition coefficient (Wildman–Crippen LogP) is 4.97. The van der Waals surface area contributed by atoms with Crippen LogP contribution in [0.25, 0.3) is 0 Å². The van der Waals surface area contributed by atoms with Crippen LogP contribution < -0.4 is 19.5 Å². The lowest BCUT2D eigenvalue weighted by molar-refractivity contribution is -0.116. The minimum atomic E-state index is -0.148. The minimum Gasteiger partial charge on any atom is -0.490 e. The number of nitrogens with one attached hydrogen (secondary N) is 1. The fraction of sp³-hybridized carbons (Fsp3) is 0.304. The van der Waals surface area contributed by atoms with Gasteiger partial charge in [0, 0.05) is 5.69 Å². The summed E-state index contributed by atoms with van der Waals surface area (Å²) in [7, 11) is 0. The molecule has 0 aliphatic rings. The van der Waals surface area contributed by atoms with Crippen molar-refractivity contribution in [3.8, 4) is 17.2 Å². The molecule has 3 aromatic rings. The maximum Gasteiger partial charge on any atom is 0.246 e. The lowest BCUT2D eigenvalue weighted by Gasteiger charge is -2.13. The predicted molar refractivity (Wildman–Crippen MR) is 123 cm³/mol. The molecule has 1 N–H and O–H groups in total. The maximum absolute atomic E-state index is 12.3. The van der Waals surface area contributed by atoms with Gasteiger partial charge in [-0.05, 0) is 78.7 Å². The largest absolute Gasteiger partial charge is 0.490 e. The number of benzene rings is 2. The average Bonchev–Trinajstić information content (AvgIpc) is 3.07. The van der Waals surface area contributed by atoms with Crippen LogP contribution in [0.3, 0.4) is 0 Å². The van der Waals surface area contributed by atoms with Crippen LogP contribution in [-0.2, 0) is 17.9 Å². The van der Waals surface area contributed by atoms with Gasteiger partial charge >= 0.3 is 0 Å². The van der Waals surface area contributed by atoms with Gasteiger partial charge in [-0.1, -0.05) is 6.07 Å². The summed E-state index contributed by atoms with van der Waals surface area (Å²) in [6.07, 6.45) is 1.68. The molecule has 0 saturated carbocycles. The third-order valence-corrected chi connectivity index (χ3v) is 5.27. The zero-order valence-corrected chi connectivity index (χ0v) is 19.4. The van der Waals surface area contributed by atoms with Crippen LogP contribution in [0.15, 0.2) is 53.1 Å². The molecule has 8 heteroatoms. The lowest BCUT2D eigenvalue weighted by atomic mass is 10.2. The SMILES string of the molecule is CCOc1ccc(COc2ccc(NC(=O)Cn3ncc(Br)c3C)cc2)cc1OCC. The van der Waals surface area contributed by atoms with Crippen molar-refractivity contribution in [3.63, 3.8) is 0 Å². The number of hydrogen-bond acceptors (Lipinski definition) is 5. The van der Waals surface area contributed by atoms with E-state index in [1.165, 1.54) is 0 Å². The molecule has 1 heterocycles. The Balaban J connectivity index is 1.55. The molecule has 164 valence electrons. The Labute approximate surface area is 190 Å². The van der Waals surface area contributed by atoms with Gasteiger partial charge in [0.1, 0.15) is 18.9 Å². The molecule has 0 aliphatic carbocycles. The summed E-state index contributed by atoms with van der Waals surface area (Å²) in [4.78, 5) is 12.3. The normalized spacial score (nSPS) is 10.6. The molecule has 0 bridgehead atoms. The molecule has 1 aromatic heterocycles. The Morgan fingerprint density at radius 3 is 2.39 bits per heavy atom. The summed E-state index contributed by atoms with van der Waals surface area (Å²) >= 11 is 3.39. The second kappa shape index (κ2) is 10.9. The molecule has 0 aliphatic heterocycles.